The van der Waals surface area contributed by atoms with Crippen LogP contribution >= 0.6 is 0 Å². The number of nitrogens with two attached hydrogens (primary N) is 1. The van der Waals surface area contributed by atoms with E-state index in [9.17, 15) is 0 Å². The number of allylic oxidation sites excluding steroid dienone is 4. The van der Waals surface area contributed by atoms with Gasteiger partial charge >= 0.3 is 0 Å². The fraction of sp³-hybridized carbons (Fsp3) is 0.333. The van der Waals surface area contributed by atoms with Crippen LogP contribution < -0.4 is 5.73 Å². The predicted molar refractivity (Wildman–Crippen MR) is 70.4 cm³/mol. The first-order chi connectivity index (χ1) is 7.75. The van der Waals surface area contributed by atoms with Crippen molar-refractivity contribution in [1.29, 1.82) is 0 Å². The van der Waals surface area contributed by atoms with Gasteiger partial charge in [0.05, 0.1) is 0 Å². The smallest absolute Gasteiger partial charge is 0.0346 e. The third-order valence-corrected chi connectivity index (χ3v) is 3.05. The second-order valence-corrected chi connectivity index (χ2v) is 4.46. The molecule has 1 aromatic carbocycles. The molecule has 0 saturated heterocycles. The summed E-state index contributed by atoms with van der Waals surface area (Å²) in [5.41, 5.74) is 10.9. The summed E-state index contributed by atoms with van der Waals surface area (Å²) in [5.74, 6) is 0. The SMILES string of the molecule is Cc1ccc(N)c(CCC2=CCCC=C2)c1. The Morgan fingerprint density at radius 3 is 2.81 bits per heavy atom. The van der Waals surface area contributed by atoms with Crippen molar-refractivity contribution in [2.75, 3.05) is 5.73 Å². The maximum atomic E-state index is 5.97. The summed E-state index contributed by atoms with van der Waals surface area (Å²) in [6.07, 6.45) is 11.4. The van der Waals surface area contributed by atoms with Crippen LogP contribution in [0, 0.1) is 6.92 Å². The molecule has 1 aliphatic carbocycles. The summed E-state index contributed by atoms with van der Waals surface area (Å²) in [6, 6.07) is 6.27. The van der Waals surface area contributed by atoms with Crippen LogP contribution in [-0.4, -0.2) is 0 Å². The zero-order valence-corrected chi connectivity index (χ0v) is 9.87. The van der Waals surface area contributed by atoms with Crippen LogP contribution in [0.25, 0.3) is 0 Å². The lowest BCUT2D eigenvalue weighted by Crippen LogP contribution is -1.96. The second kappa shape index (κ2) is 5.02. The van der Waals surface area contributed by atoms with Crippen molar-refractivity contribution in [2.24, 2.45) is 0 Å². The summed E-state index contributed by atoms with van der Waals surface area (Å²) in [6.45, 7) is 2.11. The van der Waals surface area contributed by atoms with Gasteiger partial charge in [-0.2, -0.15) is 0 Å². The zero-order chi connectivity index (χ0) is 11.4. The van der Waals surface area contributed by atoms with Gasteiger partial charge in [-0.15, -0.1) is 0 Å². The summed E-state index contributed by atoms with van der Waals surface area (Å²) in [5, 5.41) is 0. The van der Waals surface area contributed by atoms with Crippen LogP contribution in [0.5, 0.6) is 0 Å². The first kappa shape index (κ1) is 11.0. The fourth-order valence-corrected chi connectivity index (χ4v) is 2.08. The maximum absolute atomic E-state index is 5.97. The lowest BCUT2D eigenvalue weighted by molar-refractivity contribution is 0.921. The van der Waals surface area contributed by atoms with E-state index in [-0.39, 0.29) is 0 Å². The van der Waals surface area contributed by atoms with Crippen molar-refractivity contribution in [1.82, 2.24) is 0 Å². The first-order valence-electron chi connectivity index (χ1n) is 5.96. The number of hydrogen-bond donors (Lipinski definition) is 1. The molecule has 0 bridgehead atoms. The summed E-state index contributed by atoms with van der Waals surface area (Å²) < 4.78 is 0. The molecule has 0 amide bonds. The molecule has 1 aromatic rings. The zero-order valence-electron chi connectivity index (χ0n) is 9.87. The molecule has 0 spiro atoms. The third-order valence-electron chi connectivity index (χ3n) is 3.05. The second-order valence-electron chi connectivity index (χ2n) is 4.46. The Morgan fingerprint density at radius 2 is 2.06 bits per heavy atom. The monoisotopic (exact) mass is 213 g/mol. The highest BCUT2D eigenvalue weighted by molar-refractivity contribution is 5.48. The molecule has 0 aliphatic heterocycles. The average Bonchev–Trinajstić information content (AvgIpc) is 2.32. The number of benzene rings is 1. The van der Waals surface area contributed by atoms with Crippen molar-refractivity contribution in [3.63, 3.8) is 0 Å². The maximum Gasteiger partial charge on any atom is 0.0346 e. The molecule has 0 aromatic heterocycles. The highest BCUT2D eigenvalue weighted by atomic mass is 14.6. The van der Waals surface area contributed by atoms with Crippen molar-refractivity contribution in [3.05, 3.63) is 53.1 Å². The molecule has 1 aliphatic rings. The van der Waals surface area contributed by atoms with E-state index < -0.39 is 0 Å². The van der Waals surface area contributed by atoms with Crippen LogP contribution in [0.15, 0.2) is 42.0 Å². The van der Waals surface area contributed by atoms with Crippen LogP contribution in [0.3, 0.4) is 0 Å². The highest BCUT2D eigenvalue weighted by Gasteiger charge is 2.02. The van der Waals surface area contributed by atoms with Gasteiger partial charge in [-0.05, 0) is 44.2 Å². The highest BCUT2D eigenvalue weighted by Crippen LogP contribution is 2.20. The molecule has 0 unspecified atom stereocenters. The number of nitrogen functional groups attached to an aromatic ring is 1. The van der Waals surface area contributed by atoms with Gasteiger partial charge in [-0.1, -0.05) is 41.5 Å². The van der Waals surface area contributed by atoms with Gasteiger partial charge in [0.1, 0.15) is 0 Å². The molecular weight excluding hydrogens is 194 g/mol. The largest absolute Gasteiger partial charge is 0.399 e. The van der Waals surface area contributed by atoms with Crippen molar-refractivity contribution in [2.45, 2.75) is 32.6 Å². The Bertz CT molecular complexity index is 427. The lowest BCUT2D eigenvalue weighted by atomic mass is 9.98. The Balaban J connectivity index is 2.01. The Kier molecular flexibility index (Phi) is 3.45. The molecule has 0 heterocycles. The molecule has 0 atom stereocenters. The molecule has 16 heavy (non-hydrogen) atoms. The van der Waals surface area contributed by atoms with E-state index in [1.54, 1.807) is 0 Å². The van der Waals surface area contributed by atoms with Crippen LogP contribution in [0.4, 0.5) is 5.69 Å². The van der Waals surface area contributed by atoms with E-state index in [0.717, 1.165) is 18.5 Å². The molecule has 0 fully saturated rings. The quantitative estimate of drug-likeness (QED) is 0.760. The van der Waals surface area contributed by atoms with Crippen molar-refractivity contribution in [3.8, 4) is 0 Å². The van der Waals surface area contributed by atoms with E-state index in [2.05, 4.69) is 37.3 Å². The van der Waals surface area contributed by atoms with Crippen LogP contribution in [0.1, 0.15) is 30.4 Å². The molecule has 2 rings (SSSR count). The van der Waals surface area contributed by atoms with Crippen LogP contribution in [-0.2, 0) is 6.42 Å². The minimum atomic E-state index is 0.922. The Hall–Kier alpha value is -1.50. The Morgan fingerprint density at radius 1 is 1.19 bits per heavy atom. The first-order valence-corrected chi connectivity index (χ1v) is 5.96. The van der Waals surface area contributed by atoms with Gasteiger partial charge in [0.2, 0.25) is 0 Å². The van der Waals surface area contributed by atoms with Gasteiger partial charge in [0, 0.05) is 5.69 Å². The third kappa shape index (κ3) is 2.75. The summed E-state index contributed by atoms with van der Waals surface area (Å²) >= 11 is 0. The van der Waals surface area contributed by atoms with E-state index >= 15 is 0 Å². The summed E-state index contributed by atoms with van der Waals surface area (Å²) in [7, 11) is 0. The van der Waals surface area contributed by atoms with Crippen molar-refractivity contribution >= 4 is 5.69 Å². The number of rotatable bonds is 3. The lowest BCUT2D eigenvalue weighted by Gasteiger charge is -2.09. The van der Waals surface area contributed by atoms with E-state index in [4.69, 9.17) is 5.73 Å². The molecule has 0 radical (unpaired) electrons. The predicted octanol–water partition coefficient (Wildman–Crippen LogP) is 3.79. The average molecular weight is 213 g/mol. The molecular formula is C15H19N. The van der Waals surface area contributed by atoms with Crippen LogP contribution in [0.2, 0.25) is 0 Å². The van der Waals surface area contributed by atoms with Gasteiger partial charge in [-0.25, -0.2) is 0 Å². The topological polar surface area (TPSA) is 26.0 Å². The molecule has 1 heteroatoms. The van der Waals surface area contributed by atoms with E-state index in [1.165, 1.54) is 29.5 Å². The van der Waals surface area contributed by atoms with Gasteiger partial charge < -0.3 is 5.73 Å². The molecule has 2 N–H and O–H groups in total. The number of hydrogen-bond acceptors (Lipinski definition) is 1. The summed E-state index contributed by atoms with van der Waals surface area (Å²) in [4.78, 5) is 0. The Labute approximate surface area is 97.7 Å². The number of anilines is 1. The van der Waals surface area contributed by atoms with Gasteiger partial charge in [-0.3, -0.25) is 0 Å². The van der Waals surface area contributed by atoms with E-state index in [1.807, 2.05) is 6.07 Å². The fourth-order valence-electron chi connectivity index (χ4n) is 2.08. The minimum absolute atomic E-state index is 0.922. The molecule has 1 nitrogen and oxygen atoms in total. The van der Waals surface area contributed by atoms with Gasteiger partial charge in [0.15, 0.2) is 0 Å². The van der Waals surface area contributed by atoms with Crippen molar-refractivity contribution < 1.29 is 0 Å². The van der Waals surface area contributed by atoms with Gasteiger partial charge in [0.25, 0.3) is 0 Å². The molecule has 84 valence electrons. The minimum Gasteiger partial charge on any atom is -0.399 e. The van der Waals surface area contributed by atoms with E-state index in [0.29, 0.717) is 0 Å². The molecule has 0 saturated carbocycles. The normalized spacial score (nSPS) is 14.9. The number of aryl methyl sites for hydroxylation is 2. The standard InChI is InChI=1S/C15H19N/c1-12-7-10-15(16)14(11-12)9-8-13-5-3-2-4-6-13/h3,5-7,10-11H,2,4,8-9,16H2,1H3.